The van der Waals surface area contributed by atoms with Gasteiger partial charge in [-0.1, -0.05) is 0 Å². The molecule has 0 aromatic carbocycles. The van der Waals surface area contributed by atoms with Gasteiger partial charge < -0.3 is 15.3 Å². The van der Waals surface area contributed by atoms with E-state index in [1.807, 2.05) is 4.98 Å². The van der Waals surface area contributed by atoms with Crippen molar-refractivity contribution in [1.29, 1.82) is 0 Å². The minimum absolute atomic E-state index is 0.129. The average molecular weight is 384 g/mol. The first-order chi connectivity index (χ1) is 8.88. The summed E-state index contributed by atoms with van der Waals surface area (Å²) in [4.78, 5) is 24.8. The lowest BCUT2D eigenvalue weighted by Crippen LogP contribution is -2.39. The topological polar surface area (TPSA) is 116 Å². The number of aliphatic hydroxyl groups is 3. The minimum atomic E-state index is -1.61. The van der Waals surface area contributed by atoms with E-state index in [1.165, 1.54) is 0 Å². The molecule has 3 atom stereocenters. The van der Waals surface area contributed by atoms with Crippen LogP contribution in [0, 0.1) is 3.57 Å². The molecule has 1 heterocycles. The SMILES string of the molecule is O=c1[nH]c(=O)n(C2C(F)=C(CO)C(O)C2O)cc1I. The maximum Gasteiger partial charge on any atom is 0.329 e. The number of hydrogen-bond acceptors (Lipinski definition) is 5. The number of aliphatic hydroxyl groups excluding tert-OH is 3. The molecule has 4 N–H and O–H groups in total. The highest BCUT2D eigenvalue weighted by atomic mass is 127. The third kappa shape index (κ3) is 2.26. The Balaban J connectivity index is 2.60. The van der Waals surface area contributed by atoms with E-state index in [-0.39, 0.29) is 9.14 Å². The molecule has 1 aromatic heterocycles. The molecular formula is C10H10FIN2O5. The maximum atomic E-state index is 14.0. The fourth-order valence-corrected chi connectivity index (χ4v) is 2.42. The maximum absolute atomic E-state index is 14.0. The van der Waals surface area contributed by atoms with Gasteiger partial charge in [0.1, 0.15) is 24.1 Å². The van der Waals surface area contributed by atoms with E-state index in [0.717, 1.165) is 10.8 Å². The van der Waals surface area contributed by atoms with Gasteiger partial charge in [0.15, 0.2) is 0 Å². The van der Waals surface area contributed by atoms with Gasteiger partial charge in [0.25, 0.3) is 5.56 Å². The fourth-order valence-electron chi connectivity index (χ4n) is 1.98. The third-order valence-electron chi connectivity index (χ3n) is 2.96. The van der Waals surface area contributed by atoms with Crippen LogP contribution in [0.5, 0.6) is 0 Å². The van der Waals surface area contributed by atoms with Crippen LogP contribution in [0.25, 0.3) is 0 Å². The van der Waals surface area contributed by atoms with Gasteiger partial charge in [0.05, 0.1) is 10.2 Å². The Labute approximate surface area is 119 Å². The molecule has 1 aromatic rings. The Morgan fingerprint density at radius 3 is 2.58 bits per heavy atom. The number of hydrogen-bond donors (Lipinski definition) is 4. The van der Waals surface area contributed by atoms with Gasteiger partial charge in [-0.15, -0.1) is 0 Å². The van der Waals surface area contributed by atoms with Crippen LogP contribution < -0.4 is 11.2 Å². The molecular weight excluding hydrogens is 374 g/mol. The van der Waals surface area contributed by atoms with E-state index in [1.54, 1.807) is 22.6 Å². The predicted octanol–water partition coefficient (Wildman–Crippen LogP) is -1.37. The molecule has 2 rings (SSSR count). The summed E-state index contributed by atoms with van der Waals surface area (Å²) in [7, 11) is 0. The molecule has 0 spiro atoms. The van der Waals surface area contributed by atoms with Crippen LogP contribution in [0.15, 0.2) is 27.2 Å². The lowest BCUT2D eigenvalue weighted by atomic mass is 10.1. The molecule has 19 heavy (non-hydrogen) atoms. The highest BCUT2D eigenvalue weighted by Crippen LogP contribution is 2.36. The Hall–Kier alpha value is -1.04. The summed E-state index contributed by atoms with van der Waals surface area (Å²) in [6, 6.07) is -1.46. The van der Waals surface area contributed by atoms with Crippen molar-refractivity contribution in [3.8, 4) is 0 Å². The number of H-pyrrole nitrogens is 1. The number of rotatable bonds is 2. The van der Waals surface area contributed by atoms with Crippen LogP contribution in [0.1, 0.15) is 6.04 Å². The Morgan fingerprint density at radius 2 is 2.05 bits per heavy atom. The quantitative estimate of drug-likeness (QED) is 0.470. The first-order valence-corrected chi connectivity index (χ1v) is 6.32. The van der Waals surface area contributed by atoms with Gasteiger partial charge in [0.2, 0.25) is 0 Å². The molecule has 0 aliphatic heterocycles. The molecule has 1 aliphatic rings. The van der Waals surface area contributed by atoms with E-state index in [9.17, 15) is 24.2 Å². The monoisotopic (exact) mass is 384 g/mol. The second-order valence-electron chi connectivity index (χ2n) is 4.06. The Kier molecular flexibility index (Phi) is 3.90. The van der Waals surface area contributed by atoms with Crippen molar-refractivity contribution >= 4 is 22.6 Å². The summed E-state index contributed by atoms with van der Waals surface area (Å²) in [6.45, 7) is -0.768. The lowest BCUT2D eigenvalue weighted by Gasteiger charge is -2.19. The Bertz CT molecular complexity index is 652. The van der Waals surface area contributed by atoms with Crippen molar-refractivity contribution in [2.24, 2.45) is 0 Å². The van der Waals surface area contributed by atoms with E-state index < -0.39 is 41.9 Å². The predicted molar refractivity (Wildman–Crippen MR) is 70.3 cm³/mol. The van der Waals surface area contributed by atoms with Crippen molar-refractivity contribution in [2.45, 2.75) is 18.2 Å². The lowest BCUT2D eigenvalue weighted by molar-refractivity contribution is 0.0243. The highest BCUT2D eigenvalue weighted by molar-refractivity contribution is 14.1. The van der Waals surface area contributed by atoms with Crippen molar-refractivity contribution in [3.63, 3.8) is 0 Å². The van der Waals surface area contributed by atoms with Crippen molar-refractivity contribution in [3.05, 3.63) is 42.0 Å². The molecule has 7 nitrogen and oxygen atoms in total. The fraction of sp³-hybridized carbons (Fsp3) is 0.400. The zero-order chi connectivity index (χ0) is 14.3. The molecule has 0 saturated heterocycles. The van der Waals surface area contributed by atoms with Crippen molar-refractivity contribution in [2.75, 3.05) is 6.61 Å². The van der Waals surface area contributed by atoms with E-state index >= 15 is 0 Å². The van der Waals surface area contributed by atoms with Gasteiger partial charge in [-0.2, -0.15) is 0 Å². The van der Waals surface area contributed by atoms with Crippen LogP contribution >= 0.6 is 22.6 Å². The second-order valence-corrected chi connectivity index (χ2v) is 5.22. The zero-order valence-electron chi connectivity index (χ0n) is 9.38. The molecule has 0 fully saturated rings. The normalized spacial score (nSPS) is 27.1. The summed E-state index contributed by atoms with van der Waals surface area (Å²) in [5.74, 6) is -0.979. The van der Waals surface area contributed by atoms with Crippen LogP contribution in [-0.4, -0.2) is 43.7 Å². The van der Waals surface area contributed by atoms with Gasteiger partial charge in [-0.3, -0.25) is 14.3 Å². The van der Waals surface area contributed by atoms with E-state index in [0.29, 0.717) is 0 Å². The summed E-state index contributed by atoms with van der Waals surface area (Å²) < 4.78 is 14.9. The standard InChI is InChI=1S/C10H10FIN2O5/c11-5-3(2-15)7(16)8(17)6(5)14-1-4(12)9(18)13-10(14)19/h1,6-8,15-17H,2H2,(H,13,18,19). The molecule has 104 valence electrons. The van der Waals surface area contributed by atoms with Crippen molar-refractivity contribution in [1.82, 2.24) is 9.55 Å². The molecule has 0 bridgehead atoms. The van der Waals surface area contributed by atoms with Gasteiger partial charge >= 0.3 is 5.69 Å². The largest absolute Gasteiger partial charge is 0.392 e. The number of aromatic nitrogens is 2. The van der Waals surface area contributed by atoms with Gasteiger partial charge in [-0.05, 0) is 22.6 Å². The summed E-state index contributed by atoms with van der Waals surface area (Å²) in [5, 5.41) is 28.3. The molecule has 9 heteroatoms. The van der Waals surface area contributed by atoms with Crippen LogP contribution in [0.2, 0.25) is 0 Å². The first-order valence-electron chi connectivity index (χ1n) is 5.25. The van der Waals surface area contributed by atoms with Crippen LogP contribution in [0.4, 0.5) is 4.39 Å². The zero-order valence-corrected chi connectivity index (χ0v) is 11.5. The average Bonchev–Trinajstić information content (AvgIpc) is 2.56. The second kappa shape index (κ2) is 5.15. The summed E-state index contributed by atoms with van der Waals surface area (Å²) in [5.41, 5.74) is -1.90. The van der Waals surface area contributed by atoms with E-state index in [4.69, 9.17) is 5.11 Å². The smallest absolute Gasteiger partial charge is 0.329 e. The number of aromatic amines is 1. The molecule has 0 radical (unpaired) electrons. The molecule has 0 saturated carbocycles. The van der Waals surface area contributed by atoms with Crippen molar-refractivity contribution < 1.29 is 19.7 Å². The first kappa shape index (κ1) is 14.4. The minimum Gasteiger partial charge on any atom is -0.392 e. The molecule has 0 amide bonds. The number of halogens is 2. The third-order valence-corrected chi connectivity index (χ3v) is 3.73. The van der Waals surface area contributed by atoms with Crippen LogP contribution in [0.3, 0.4) is 0 Å². The number of nitrogens with one attached hydrogen (secondary N) is 1. The molecule has 1 aliphatic carbocycles. The summed E-state index contributed by atoms with van der Waals surface area (Å²) >= 11 is 1.65. The molecule has 3 unspecified atom stereocenters. The Morgan fingerprint density at radius 1 is 1.42 bits per heavy atom. The summed E-state index contributed by atoms with van der Waals surface area (Å²) in [6.07, 6.45) is -2.12. The number of nitrogens with zero attached hydrogens (tertiary/aromatic N) is 1. The van der Waals surface area contributed by atoms with E-state index in [2.05, 4.69) is 0 Å². The van der Waals surface area contributed by atoms with Crippen LogP contribution in [-0.2, 0) is 0 Å². The van der Waals surface area contributed by atoms with Gasteiger partial charge in [0, 0.05) is 11.8 Å². The van der Waals surface area contributed by atoms with Gasteiger partial charge in [-0.25, -0.2) is 9.18 Å². The highest BCUT2D eigenvalue weighted by Gasteiger charge is 2.43.